The quantitative estimate of drug-likeness (QED) is 0.138. The molecule has 44 heavy (non-hydrogen) atoms. The highest BCUT2D eigenvalue weighted by atomic mass is 19.4. The SMILES string of the molecule is CNc1cc(C(C)(c2ccc(C)c(NC(=O)c3ccc(C(C)=O)c4c(OC=O)ccc(C(=O)O)c34)c2)C(F)(F)F)ccc1C. The predicted molar refractivity (Wildman–Crippen MR) is 160 cm³/mol. The van der Waals surface area contributed by atoms with Crippen molar-refractivity contribution in [2.75, 3.05) is 17.7 Å². The van der Waals surface area contributed by atoms with Gasteiger partial charge in [-0.05, 0) is 86.3 Å². The molecule has 1 unspecified atom stereocenters. The third-order valence-corrected chi connectivity index (χ3v) is 7.87. The largest absolute Gasteiger partial charge is 0.478 e. The van der Waals surface area contributed by atoms with Crippen LogP contribution in [0.25, 0.3) is 10.8 Å². The van der Waals surface area contributed by atoms with E-state index in [1.165, 1.54) is 55.5 Å². The third-order valence-electron chi connectivity index (χ3n) is 7.87. The molecule has 0 aliphatic heterocycles. The third kappa shape index (κ3) is 5.48. The van der Waals surface area contributed by atoms with Gasteiger partial charge in [0, 0.05) is 40.3 Å². The van der Waals surface area contributed by atoms with E-state index in [1.54, 1.807) is 27.0 Å². The zero-order valence-corrected chi connectivity index (χ0v) is 24.5. The van der Waals surface area contributed by atoms with Crippen LogP contribution < -0.4 is 15.4 Å². The number of rotatable bonds is 9. The summed E-state index contributed by atoms with van der Waals surface area (Å²) in [7, 11) is 1.62. The first kappa shape index (κ1) is 31.7. The number of Topliss-reactive ketones (excluding diaryl/α,β-unsaturated/α-hetero) is 1. The maximum absolute atomic E-state index is 14.8. The van der Waals surface area contributed by atoms with Crippen molar-refractivity contribution < 1.29 is 42.2 Å². The number of ether oxygens (including phenoxy) is 1. The lowest BCUT2D eigenvalue weighted by Crippen LogP contribution is -2.40. The van der Waals surface area contributed by atoms with Crippen molar-refractivity contribution >= 4 is 46.3 Å². The van der Waals surface area contributed by atoms with Crippen LogP contribution >= 0.6 is 0 Å². The van der Waals surface area contributed by atoms with E-state index in [-0.39, 0.29) is 56.5 Å². The van der Waals surface area contributed by atoms with Gasteiger partial charge in [0.05, 0.1) is 5.56 Å². The Kier molecular flexibility index (Phi) is 8.53. The average molecular weight is 607 g/mol. The van der Waals surface area contributed by atoms with E-state index < -0.39 is 29.3 Å². The van der Waals surface area contributed by atoms with Crippen LogP contribution in [-0.2, 0) is 10.2 Å². The molecule has 3 N–H and O–H groups in total. The molecule has 0 radical (unpaired) electrons. The van der Waals surface area contributed by atoms with Crippen molar-refractivity contribution in [3.63, 3.8) is 0 Å². The monoisotopic (exact) mass is 606 g/mol. The van der Waals surface area contributed by atoms with Gasteiger partial charge in [0.15, 0.2) is 5.78 Å². The van der Waals surface area contributed by atoms with Crippen LogP contribution in [0.1, 0.15) is 67.2 Å². The number of carboxylic acids is 1. The smallest absolute Gasteiger partial charge is 0.402 e. The van der Waals surface area contributed by atoms with E-state index in [1.807, 2.05) is 0 Å². The Morgan fingerprint density at radius 2 is 1.36 bits per heavy atom. The second kappa shape index (κ2) is 11.8. The van der Waals surface area contributed by atoms with Gasteiger partial charge in [-0.2, -0.15) is 13.2 Å². The van der Waals surface area contributed by atoms with Gasteiger partial charge < -0.3 is 20.5 Å². The summed E-state index contributed by atoms with van der Waals surface area (Å²) in [5, 5.41) is 15.2. The molecule has 4 aromatic rings. The fourth-order valence-corrected chi connectivity index (χ4v) is 5.23. The number of aryl methyl sites for hydroxylation is 2. The number of carboxylic acid groups (broad SMARTS) is 1. The number of benzene rings is 4. The molecule has 11 heteroatoms. The van der Waals surface area contributed by atoms with Crippen LogP contribution in [0, 0.1) is 13.8 Å². The topological polar surface area (TPSA) is 122 Å². The van der Waals surface area contributed by atoms with Gasteiger partial charge in [0.2, 0.25) is 0 Å². The van der Waals surface area contributed by atoms with Gasteiger partial charge in [-0.15, -0.1) is 0 Å². The van der Waals surface area contributed by atoms with Gasteiger partial charge in [0.25, 0.3) is 12.4 Å². The number of hydrogen-bond acceptors (Lipinski definition) is 6. The van der Waals surface area contributed by atoms with Crippen molar-refractivity contribution in [1.82, 2.24) is 0 Å². The summed E-state index contributed by atoms with van der Waals surface area (Å²) in [6, 6.07) is 13.4. The number of ketones is 1. The van der Waals surface area contributed by atoms with Crippen molar-refractivity contribution in [3.8, 4) is 5.75 Å². The van der Waals surface area contributed by atoms with Crippen molar-refractivity contribution in [2.45, 2.75) is 39.3 Å². The Morgan fingerprint density at radius 3 is 1.89 bits per heavy atom. The molecule has 4 aromatic carbocycles. The fourth-order valence-electron chi connectivity index (χ4n) is 5.23. The summed E-state index contributed by atoms with van der Waals surface area (Å²) >= 11 is 0. The number of fused-ring (bicyclic) bond motifs is 1. The molecule has 1 atom stereocenters. The zero-order valence-electron chi connectivity index (χ0n) is 24.5. The molecule has 0 fully saturated rings. The molecule has 0 saturated heterocycles. The van der Waals surface area contributed by atoms with Crippen LogP contribution in [0.3, 0.4) is 0 Å². The Balaban J connectivity index is 1.90. The van der Waals surface area contributed by atoms with Crippen LogP contribution in [0.4, 0.5) is 24.5 Å². The predicted octanol–water partition coefficient (Wildman–Crippen LogP) is 7.05. The maximum atomic E-state index is 14.8. The fraction of sp³-hybridized carbons (Fsp3) is 0.212. The Morgan fingerprint density at radius 1 is 0.818 bits per heavy atom. The Hall–Kier alpha value is -5.19. The average Bonchev–Trinajstić information content (AvgIpc) is 2.96. The van der Waals surface area contributed by atoms with E-state index in [0.717, 1.165) is 18.6 Å². The minimum Gasteiger partial charge on any atom is -0.478 e. The summed E-state index contributed by atoms with van der Waals surface area (Å²) in [6.07, 6.45) is -4.73. The Labute approximate surface area is 250 Å². The van der Waals surface area contributed by atoms with Crippen LogP contribution in [-0.4, -0.2) is 42.5 Å². The number of alkyl halides is 3. The van der Waals surface area contributed by atoms with E-state index in [9.17, 15) is 37.5 Å². The molecule has 4 rings (SSSR count). The van der Waals surface area contributed by atoms with Crippen molar-refractivity contribution in [2.24, 2.45) is 0 Å². The van der Waals surface area contributed by atoms with Crippen LogP contribution in [0.2, 0.25) is 0 Å². The highest BCUT2D eigenvalue weighted by molar-refractivity contribution is 6.23. The van der Waals surface area contributed by atoms with Gasteiger partial charge >= 0.3 is 12.1 Å². The minimum atomic E-state index is -4.73. The number of amides is 1. The van der Waals surface area contributed by atoms with Gasteiger partial charge in [-0.1, -0.05) is 24.3 Å². The number of carbonyl (C=O) groups excluding carboxylic acids is 3. The number of carbonyl (C=O) groups is 4. The lowest BCUT2D eigenvalue weighted by Gasteiger charge is -2.34. The molecule has 0 spiro atoms. The normalized spacial score (nSPS) is 12.7. The maximum Gasteiger partial charge on any atom is 0.402 e. The van der Waals surface area contributed by atoms with Gasteiger partial charge in [0.1, 0.15) is 11.2 Å². The minimum absolute atomic E-state index is 0.00894. The summed E-state index contributed by atoms with van der Waals surface area (Å²) in [5.41, 5.74) is -1.34. The Bertz CT molecular complexity index is 1830. The van der Waals surface area contributed by atoms with Crippen LogP contribution in [0.15, 0.2) is 60.7 Å². The second-order valence-corrected chi connectivity index (χ2v) is 10.5. The van der Waals surface area contributed by atoms with Gasteiger partial charge in [-0.25, -0.2) is 4.79 Å². The van der Waals surface area contributed by atoms with E-state index in [0.29, 0.717) is 11.3 Å². The van der Waals surface area contributed by atoms with Crippen molar-refractivity contribution in [3.05, 3.63) is 99.6 Å². The molecule has 0 bridgehead atoms. The zero-order chi connectivity index (χ0) is 32.6. The van der Waals surface area contributed by atoms with Crippen molar-refractivity contribution in [1.29, 1.82) is 0 Å². The summed E-state index contributed by atoms with van der Waals surface area (Å²) in [5.74, 6) is -2.89. The van der Waals surface area contributed by atoms with Crippen LogP contribution in [0.5, 0.6) is 5.75 Å². The summed E-state index contributed by atoms with van der Waals surface area (Å²) in [6.45, 7) is 5.77. The highest BCUT2D eigenvalue weighted by Gasteiger charge is 2.53. The first-order valence-corrected chi connectivity index (χ1v) is 13.4. The lowest BCUT2D eigenvalue weighted by molar-refractivity contribution is -0.173. The molecule has 1 amide bonds. The molecule has 0 saturated carbocycles. The molecular formula is C33H29F3N2O6. The van der Waals surface area contributed by atoms with E-state index in [2.05, 4.69) is 10.6 Å². The number of aromatic carboxylic acids is 1. The molecule has 0 aliphatic rings. The van der Waals surface area contributed by atoms with E-state index >= 15 is 0 Å². The molecule has 0 aromatic heterocycles. The summed E-state index contributed by atoms with van der Waals surface area (Å²) in [4.78, 5) is 49.5. The molecule has 8 nitrogen and oxygen atoms in total. The standard InChI is InChI=1S/C33H29F3N2O6/c1-17-6-8-20(14-25(17)37-5)32(4,33(34,35)36)21-9-7-18(2)26(15-21)38-30(41)23-11-10-22(19(3)40)29-27(44-16-39)13-12-24(28(23)29)31(42)43/h6-16,37H,1-5H3,(H,38,41)(H,42,43). The highest BCUT2D eigenvalue weighted by Crippen LogP contribution is 2.47. The molecule has 228 valence electrons. The number of nitrogens with one attached hydrogen (secondary N) is 2. The lowest BCUT2D eigenvalue weighted by atomic mass is 9.74. The first-order valence-electron chi connectivity index (χ1n) is 13.4. The van der Waals surface area contributed by atoms with Gasteiger partial charge in [-0.3, -0.25) is 14.4 Å². The first-order chi connectivity index (χ1) is 20.6. The number of hydrogen-bond donors (Lipinski definition) is 3. The van der Waals surface area contributed by atoms with E-state index in [4.69, 9.17) is 4.74 Å². The molecular weight excluding hydrogens is 577 g/mol. The number of halogens is 3. The molecule has 0 heterocycles. The molecule has 0 aliphatic carbocycles. The summed E-state index contributed by atoms with van der Waals surface area (Å²) < 4.78 is 49.5. The number of anilines is 2. The second-order valence-electron chi connectivity index (χ2n) is 10.5.